The molecule has 2 aromatic rings. The summed E-state index contributed by atoms with van der Waals surface area (Å²) in [6.45, 7) is 1.24. The predicted molar refractivity (Wildman–Crippen MR) is 69.9 cm³/mol. The van der Waals surface area contributed by atoms with E-state index in [-0.39, 0.29) is 5.76 Å². The van der Waals surface area contributed by atoms with Gasteiger partial charge in [0.2, 0.25) is 5.76 Å². The van der Waals surface area contributed by atoms with E-state index in [1.807, 2.05) is 12.1 Å². The zero-order chi connectivity index (χ0) is 13.0. The Labute approximate surface area is 114 Å². The number of esters is 1. The van der Waals surface area contributed by atoms with Crippen molar-refractivity contribution in [2.24, 2.45) is 0 Å². The average Bonchev–Trinajstić information content (AvgIpc) is 2.98. The molecule has 6 heteroatoms. The fraction of sp³-hybridized carbons (Fsp3) is 0.250. The van der Waals surface area contributed by atoms with Crippen LogP contribution in [0.5, 0.6) is 0 Å². The van der Waals surface area contributed by atoms with E-state index in [2.05, 4.69) is 10.1 Å². The first-order valence-electron chi connectivity index (χ1n) is 5.30. The molecule has 0 spiro atoms. The lowest BCUT2D eigenvalue weighted by atomic mass is 10.2. The van der Waals surface area contributed by atoms with Crippen LogP contribution in [0.1, 0.15) is 21.0 Å². The maximum absolute atomic E-state index is 11.4. The lowest BCUT2D eigenvalue weighted by Gasteiger charge is -2.02. The lowest BCUT2D eigenvalue weighted by molar-refractivity contribution is 0.0563. The van der Waals surface area contributed by atoms with Gasteiger partial charge in [0.15, 0.2) is 0 Å². The van der Waals surface area contributed by atoms with Gasteiger partial charge in [0.05, 0.1) is 17.7 Å². The molecule has 0 aliphatic carbocycles. The summed E-state index contributed by atoms with van der Waals surface area (Å²) in [4.78, 5) is 12.5. The molecular formula is C12H12ClNO3S. The molecule has 18 heavy (non-hydrogen) atoms. The van der Waals surface area contributed by atoms with Crippen LogP contribution >= 0.6 is 22.9 Å². The molecule has 0 amide bonds. The summed E-state index contributed by atoms with van der Waals surface area (Å²) in [5.74, 6) is -0.217. The highest BCUT2D eigenvalue weighted by atomic mass is 35.5. The van der Waals surface area contributed by atoms with Gasteiger partial charge in [0.25, 0.3) is 0 Å². The van der Waals surface area contributed by atoms with Crippen molar-refractivity contribution < 1.29 is 13.9 Å². The molecule has 2 aromatic heterocycles. The van der Waals surface area contributed by atoms with E-state index in [1.54, 1.807) is 6.07 Å². The number of rotatable bonds is 5. The average molecular weight is 286 g/mol. The Kier molecular flexibility index (Phi) is 4.41. The minimum absolute atomic E-state index is 0.245. The van der Waals surface area contributed by atoms with Crippen LogP contribution in [0.4, 0.5) is 0 Å². The number of thiophene rings is 1. The van der Waals surface area contributed by atoms with Crippen LogP contribution in [-0.4, -0.2) is 13.1 Å². The molecule has 2 rings (SSSR count). The molecular weight excluding hydrogens is 274 g/mol. The third-order valence-corrected chi connectivity index (χ3v) is 3.59. The van der Waals surface area contributed by atoms with Gasteiger partial charge in [-0.05, 0) is 18.2 Å². The summed E-state index contributed by atoms with van der Waals surface area (Å²) in [5, 5.41) is 3.22. The van der Waals surface area contributed by atoms with Crippen LogP contribution in [0.25, 0.3) is 0 Å². The van der Waals surface area contributed by atoms with Crippen molar-refractivity contribution in [3.63, 3.8) is 0 Å². The number of carbonyl (C=O) groups excluding carboxylic acids is 1. The van der Waals surface area contributed by atoms with E-state index in [9.17, 15) is 4.79 Å². The van der Waals surface area contributed by atoms with Crippen molar-refractivity contribution >= 4 is 28.9 Å². The smallest absolute Gasteiger partial charge is 0.374 e. The maximum Gasteiger partial charge on any atom is 0.374 e. The zero-order valence-corrected chi connectivity index (χ0v) is 11.3. The van der Waals surface area contributed by atoms with E-state index in [0.29, 0.717) is 13.1 Å². The highest BCUT2D eigenvalue weighted by Gasteiger charge is 2.15. The Morgan fingerprint density at radius 2 is 2.28 bits per heavy atom. The summed E-state index contributed by atoms with van der Waals surface area (Å²) in [5.41, 5.74) is 0.782. The van der Waals surface area contributed by atoms with Crippen molar-refractivity contribution in [1.82, 2.24) is 5.32 Å². The van der Waals surface area contributed by atoms with Gasteiger partial charge < -0.3 is 14.5 Å². The number of furan rings is 1. The Balaban J connectivity index is 1.90. The minimum Gasteiger partial charge on any atom is -0.463 e. The lowest BCUT2D eigenvalue weighted by Crippen LogP contribution is -2.14. The highest BCUT2D eigenvalue weighted by molar-refractivity contribution is 7.16. The quantitative estimate of drug-likeness (QED) is 0.858. The van der Waals surface area contributed by atoms with E-state index in [1.165, 1.54) is 24.7 Å². The Bertz CT molecular complexity index is 535. The van der Waals surface area contributed by atoms with Crippen molar-refractivity contribution in [2.45, 2.75) is 13.1 Å². The van der Waals surface area contributed by atoms with Crippen LogP contribution in [0.2, 0.25) is 4.34 Å². The van der Waals surface area contributed by atoms with E-state index in [0.717, 1.165) is 14.8 Å². The Morgan fingerprint density at radius 1 is 1.44 bits per heavy atom. The number of carbonyl (C=O) groups is 1. The van der Waals surface area contributed by atoms with E-state index < -0.39 is 5.97 Å². The van der Waals surface area contributed by atoms with Crippen LogP contribution in [0.3, 0.4) is 0 Å². The first-order valence-corrected chi connectivity index (χ1v) is 6.49. The second-order valence-electron chi connectivity index (χ2n) is 3.58. The third kappa shape index (κ3) is 3.13. The number of nitrogens with one attached hydrogen (secondary N) is 1. The monoisotopic (exact) mass is 285 g/mol. The first kappa shape index (κ1) is 13.1. The van der Waals surface area contributed by atoms with Crippen molar-refractivity contribution in [3.05, 3.63) is 45.0 Å². The summed E-state index contributed by atoms with van der Waals surface area (Å²) >= 11 is 7.37. The van der Waals surface area contributed by atoms with Crippen LogP contribution in [0.15, 0.2) is 28.9 Å². The van der Waals surface area contributed by atoms with Crippen LogP contribution < -0.4 is 5.32 Å². The molecule has 0 unspecified atom stereocenters. The molecule has 0 saturated carbocycles. The number of halogens is 1. The summed E-state index contributed by atoms with van der Waals surface area (Å²) in [7, 11) is 1.33. The third-order valence-electron chi connectivity index (χ3n) is 2.36. The van der Waals surface area contributed by atoms with Crippen LogP contribution in [0, 0.1) is 0 Å². The standard InChI is InChI=1S/C12H12ClNO3S/c1-16-12(15)11-8(4-5-17-11)6-14-7-9-2-3-10(13)18-9/h2-5,14H,6-7H2,1H3. The number of methoxy groups -OCH3 is 1. The second kappa shape index (κ2) is 6.04. The minimum atomic E-state index is -0.462. The molecule has 0 aliphatic rings. The zero-order valence-electron chi connectivity index (χ0n) is 9.73. The number of ether oxygens (including phenoxy) is 1. The normalized spacial score (nSPS) is 10.6. The van der Waals surface area contributed by atoms with Gasteiger partial charge in [-0.25, -0.2) is 4.79 Å². The van der Waals surface area contributed by atoms with Crippen LogP contribution in [-0.2, 0) is 17.8 Å². The van der Waals surface area contributed by atoms with Gasteiger partial charge in [-0.15, -0.1) is 11.3 Å². The molecule has 0 saturated heterocycles. The Hall–Kier alpha value is -1.30. The van der Waals surface area contributed by atoms with E-state index >= 15 is 0 Å². The summed E-state index contributed by atoms with van der Waals surface area (Å²) in [6, 6.07) is 5.58. The molecule has 96 valence electrons. The van der Waals surface area contributed by atoms with Crippen molar-refractivity contribution in [2.75, 3.05) is 7.11 Å². The van der Waals surface area contributed by atoms with Crippen molar-refractivity contribution in [1.29, 1.82) is 0 Å². The fourth-order valence-electron chi connectivity index (χ4n) is 1.51. The molecule has 2 heterocycles. The van der Waals surface area contributed by atoms with Gasteiger partial charge in [-0.2, -0.15) is 0 Å². The topological polar surface area (TPSA) is 51.5 Å². The molecule has 0 aromatic carbocycles. The first-order chi connectivity index (χ1) is 8.70. The van der Waals surface area contributed by atoms with E-state index in [4.69, 9.17) is 16.0 Å². The van der Waals surface area contributed by atoms with Gasteiger partial charge in [0.1, 0.15) is 0 Å². The van der Waals surface area contributed by atoms with Crippen molar-refractivity contribution in [3.8, 4) is 0 Å². The number of hydrogen-bond acceptors (Lipinski definition) is 5. The predicted octanol–water partition coefficient (Wildman–Crippen LogP) is 3.07. The molecule has 0 aliphatic heterocycles. The molecule has 0 fully saturated rings. The molecule has 0 radical (unpaired) electrons. The van der Waals surface area contributed by atoms with Gasteiger partial charge in [-0.1, -0.05) is 11.6 Å². The molecule has 0 atom stereocenters. The molecule has 0 bridgehead atoms. The molecule has 1 N–H and O–H groups in total. The van der Waals surface area contributed by atoms with Gasteiger partial charge >= 0.3 is 5.97 Å². The Morgan fingerprint density at radius 3 is 2.94 bits per heavy atom. The summed E-state index contributed by atoms with van der Waals surface area (Å²) < 4.78 is 10.5. The fourth-order valence-corrected chi connectivity index (χ4v) is 2.57. The maximum atomic E-state index is 11.4. The largest absolute Gasteiger partial charge is 0.463 e. The van der Waals surface area contributed by atoms with Gasteiger partial charge in [0, 0.05) is 23.5 Å². The second-order valence-corrected chi connectivity index (χ2v) is 5.38. The highest BCUT2D eigenvalue weighted by Crippen LogP contribution is 2.21. The number of hydrogen-bond donors (Lipinski definition) is 1. The SMILES string of the molecule is COC(=O)c1occc1CNCc1ccc(Cl)s1. The molecule has 4 nitrogen and oxygen atoms in total. The van der Waals surface area contributed by atoms with Gasteiger partial charge in [-0.3, -0.25) is 0 Å². The summed E-state index contributed by atoms with van der Waals surface area (Å²) in [6.07, 6.45) is 1.48.